The van der Waals surface area contributed by atoms with Gasteiger partial charge >= 0.3 is 5.69 Å². The molecule has 0 atom stereocenters. The molecule has 6 aromatic rings. The van der Waals surface area contributed by atoms with Crippen LogP contribution in [0.3, 0.4) is 0 Å². The van der Waals surface area contributed by atoms with Crippen LogP contribution in [-0.4, -0.2) is 25.7 Å². The Morgan fingerprint density at radius 3 is 2.44 bits per heavy atom. The van der Waals surface area contributed by atoms with E-state index in [2.05, 4.69) is 48.8 Å². The zero-order valence-corrected chi connectivity index (χ0v) is 23.9. The predicted octanol–water partition coefficient (Wildman–Crippen LogP) is 6.93. The number of hydrogen-bond donors (Lipinski definition) is 3. The highest BCUT2D eigenvalue weighted by Crippen LogP contribution is 2.42. The molecule has 0 radical (unpaired) electrons. The number of aromatic amines is 1. The molecule has 8 nitrogen and oxygen atoms in total. The third-order valence-corrected chi connectivity index (χ3v) is 7.91. The summed E-state index contributed by atoms with van der Waals surface area (Å²) in [7, 11) is 0. The molecule has 1 aliphatic carbocycles. The van der Waals surface area contributed by atoms with E-state index < -0.39 is 5.69 Å². The van der Waals surface area contributed by atoms with E-state index >= 15 is 0 Å². The molecule has 0 fully saturated rings. The summed E-state index contributed by atoms with van der Waals surface area (Å²) in [6.07, 6.45) is 2.27. The van der Waals surface area contributed by atoms with Crippen molar-refractivity contribution in [1.29, 1.82) is 0 Å². The first kappa shape index (κ1) is 26.3. The van der Waals surface area contributed by atoms with Gasteiger partial charge in [-0.2, -0.15) is 9.97 Å². The van der Waals surface area contributed by atoms with Gasteiger partial charge in [0.2, 0.25) is 5.95 Å². The van der Waals surface area contributed by atoms with E-state index in [1.54, 1.807) is 6.20 Å². The van der Waals surface area contributed by atoms with E-state index in [-0.39, 0.29) is 11.7 Å². The van der Waals surface area contributed by atoms with Crippen molar-refractivity contribution in [2.24, 2.45) is 0 Å². The van der Waals surface area contributed by atoms with Gasteiger partial charge in [0, 0.05) is 40.5 Å². The van der Waals surface area contributed by atoms with Gasteiger partial charge in [0.1, 0.15) is 5.82 Å². The number of nitrogens with zero attached hydrogens (tertiary/aromatic N) is 3. The number of fused-ring (bicyclic) bond motifs is 2. The molecule has 0 amide bonds. The number of carbonyl (C=O) groups is 1. The van der Waals surface area contributed by atoms with Crippen LogP contribution in [0.25, 0.3) is 22.0 Å². The second-order valence-electron chi connectivity index (χ2n) is 10.9. The number of carbonyl (C=O) groups excluding carboxylic acids is 1. The fourth-order valence-electron chi connectivity index (χ4n) is 5.68. The standard InChI is InChI=1S/C35H28N6O2/c1-19-8-9-20(2)23(16-19)17-29-39-34(41-35(43)40-29)37-24-12-10-21(3)28(18-24)38-27-13-11-22-14-15-36-32-25-6-4-5-7-26(25)33(42)31(27)30(22)32/h4-16,18,38H,17H2,1-3H3,(H2,37,39,40,41,43). The average Bonchev–Trinajstić information content (AvgIpc) is 2.99. The Hall–Kier alpha value is -5.63. The predicted molar refractivity (Wildman–Crippen MR) is 170 cm³/mol. The van der Waals surface area contributed by atoms with E-state index in [9.17, 15) is 9.59 Å². The number of benzene rings is 4. The van der Waals surface area contributed by atoms with E-state index in [4.69, 9.17) is 0 Å². The highest BCUT2D eigenvalue weighted by molar-refractivity contribution is 6.28. The molecule has 0 saturated carbocycles. The van der Waals surface area contributed by atoms with Crippen LogP contribution in [0.15, 0.2) is 89.9 Å². The van der Waals surface area contributed by atoms with E-state index in [0.29, 0.717) is 34.7 Å². The number of nitrogens with one attached hydrogen (secondary N) is 3. The van der Waals surface area contributed by atoms with Crippen molar-refractivity contribution in [3.8, 4) is 11.3 Å². The minimum absolute atomic E-state index is 0.0376. The summed E-state index contributed by atoms with van der Waals surface area (Å²) in [6, 6.07) is 25.5. The summed E-state index contributed by atoms with van der Waals surface area (Å²) >= 11 is 0. The Morgan fingerprint density at radius 2 is 1.58 bits per heavy atom. The number of H-pyrrole nitrogens is 1. The fraction of sp³-hybridized carbons (Fsp3) is 0.114. The van der Waals surface area contributed by atoms with Gasteiger partial charge in [-0.3, -0.25) is 14.8 Å². The lowest BCUT2D eigenvalue weighted by molar-refractivity contribution is 0.104. The lowest BCUT2D eigenvalue weighted by Gasteiger charge is -2.22. The molecule has 0 unspecified atom stereocenters. The van der Waals surface area contributed by atoms with Crippen LogP contribution in [0, 0.1) is 20.8 Å². The molecule has 1 aliphatic rings. The van der Waals surface area contributed by atoms with Gasteiger partial charge in [0.15, 0.2) is 5.78 Å². The molecule has 8 heteroatoms. The first-order chi connectivity index (χ1) is 20.8. The third kappa shape index (κ3) is 4.82. The van der Waals surface area contributed by atoms with Crippen LogP contribution >= 0.6 is 0 Å². The second-order valence-corrected chi connectivity index (χ2v) is 10.9. The van der Waals surface area contributed by atoms with Crippen molar-refractivity contribution >= 4 is 39.6 Å². The molecule has 2 aromatic heterocycles. The third-order valence-electron chi connectivity index (χ3n) is 7.91. The van der Waals surface area contributed by atoms with Gasteiger partial charge in [-0.05, 0) is 67.1 Å². The molecule has 3 N–H and O–H groups in total. The largest absolute Gasteiger partial charge is 0.355 e. The van der Waals surface area contributed by atoms with E-state index in [1.165, 1.54) is 0 Å². The van der Waals surface area contributed by atoms with Gasteiger partial charge in [-0.1, -0.05) is 60.2 Å². The maximum Gasteiger partial charge on any atom is 0.349 e. The van der Waals surface area contributed by atoms with Crippen molar-refractivity contribution in [2.75, 3.05) is 10.6 Å². The summed E-state index contributed by atoms with van der Waals surface area (Å²) < 4.78 is 0. The Morgan fingerprint density at radius 1 is 0.767 bits per heavy atom. The Kier molecular flexibility index (Phi) is 6.31. The Bertz CT molecular complexity index is 2150. The number of aryl methyl sites for hydroxylation is 3. The first-order valence-corrected chi connectivity index (χ1v) is 14.1. The van der Waals surface area contributed by atoms with Crippen LogP contribution in [0.5, 0.6) is 0 Å². The zero-order chi connectivity index (χ0) is 29.7. The van der Waals surface area contributed by atoms with Crippen LogP contribution < -0.4 is 16.3 Å². The zero-order valence-electron chi connectivity index (χ0n) is 23.9. The highest BCUT2D eigenvalue weighted by Gasteiger charge is 2.28. The highest BCUT2D eigenvalue weighted by atomic mass is 16.1. The molecule has 0 spiro atoms. The molecular weight excluding hydrogens is 536 g/mol. The van der Waals surface area contributed by atoms with Crippen molar-refractivity contribution in [1.82, 2.24) is 19.9 Å². The maximum atomic E-state index is 13.8. The van der Waals surface area contributed by atoms with Crippen LogP contribution in [0.4, 0.5) is 23.0 Å². The van der Waals surface area contributed by atoms with Crippen LogP contribution in [0.2, 0.25) is 0 Å². The lowest BCUT2D eigenvalue weighted by Crippen LogP contribution is -2.18. The average molecular weight is 565 g/mol. The van der Waals surface area contributed by atoms with E-state index in [0.717, 1.165) is 50.0 Å². The quantitative estimate of drug-likeness (QED) is 0.201. The van der Waals surface area contributed by atoms with Gasteiger partial charge in [0.05, 0.1) is 16.9 Å². The van der Waals surface area contributed by atoms with Crippen LogP contribution in [0.1, 0.15) is 44.0 Å². The second kappa shape index (κ2) is 10.3. The molecule has 0 bridgehead atoms. The van der Waals surface area contributed by atoms with Crippen LogP contribution in [-0.2, 0) is 6.42 Å². The van der Waals surface area contributed by atoms with Crippen molar-refractivity contribution in [3.63, 3.8) is 0 Å². The van der Waals surface area contributed by atoms with Crippen molar-refractivity contribution < 1.29 is 4.79 Å². The Balaban J connectivity index is 1.22. The molecule has 210 valence electrons. The monoisotopic (exact) mass is 564 g/mol. The number of anilines is 4. The summed E-state index contributed by atoms with van der Waals surface area (Å²) in [5, 5.41) is 8.50. The number of pyridine rings is 1. The molecule has 4 aromatic carbocycles. The smallest absolute Gasteiger partial charge is 0.349 e. The van der Waals surface area contributed by atoms with Gasteiger partial charge in [-0.25, -0.2) is 4.79 Å². The number of aromatic nitrogens is 4. The maximum absolute atomic E-state index is 13.8. The fourth-order valence-corrected chi connectivity index (χ4v) is 5.68. The molecule has 0 saturated heterocycles. The first-order valence-electron chi connectivity index (χ1n) is 14.1. The van der Waals surface area contributed by atoms with E-state index in [1.807, 2.05) is 81.4 Å². The summed E-state index contributed by atoms with van der Waals surface area (Å²) in [6.45, 7) is 6.08. The normalized spacial score (nSPS) is 11.8. The summed E-state index contributed by atoms with van der Waals surface area (Å²) in [5.41, 5.74) is 8.98. The van der Waals surface area contributed by atoms with Crippen molar-refractivity contribution in [2.45, 2.75) is 27.2 Å². The van der Waals surface area contributed by atoms with Gasteiger partial charge < -0.3 is 10.6 Å². The molecular formula is C35H28N6O2. The summed E-state index contributed by atoms with van der Waals surface area (Å²) in [5.74, 6) is 0.701. The minimum Gasteiger partial charge on any atom is -0.355 e. The molecule has 0 aliphatic heterocycles. The lowest BCUT2D eigenvalue weighted by atomic mass is 9.84. The molecule has 2 heterocycles. The summed E-state index contributed by atoms with van der Waals surface area (Å²) in [4.78, 5) is 42.3. The topological polar surface area (TPSA) is 113 Å². The SMILES string of the molecule is Cc1ccc(C)c(Cc2nc(Nc3ccc(C)c(Nc4ccc5ccnc6c5c4C(=O)c4ccccc4-6)c3)nc(=O)[nH]2)c1. The van der Waals surface area contributed by atoms with Gasteiger partial charge in [-0.15, -0.1) is 0 Å². The molecule has 7 rings (SSSR count). The minimum atomic E-state index is -0.471. The Labute approximate surface area is 247 Å². The number of hydrogen-bond acceptors (Lipinski definition) is 7. The molecule has 43 heavy (non-hydrogen) atoms. The number of ketones is 1. The van der Waals surface area contributed by atoms with Gasteiger partial charge in [0.25, 0.3) is 0 Å². The number of rotatable bonds is 6. The van der Waals surface area contributed by atoms with Crippen molar-refractivity contribution in [3.05, 3.63) is 135 Å².